The van der Waals surface area contributed by atoms with Crippen molar-refractivity contribution in [2.75, 3.05) is 42.6 Å². The Morgan fingerprint density at radius 2 is 2.05 bits per heavy atom. The van der Waals surface area contributed by atoms with Crippen LogP contribution in [0.5, 0.6) is 0 Å². The lowest BCUT2D eigenvalue weighted by molar-refractivity contribution is -0.134. The van der Waals surface area contributed by atoms with E-state index >= 15 is 0 Å². The van der Waals surface area contributed by atoms with Crippen LogP contribution in [-0.4, -0.2) is 82.9 Å². The van der Waals surface area contributed by atoms with E-state index in [1.165, 1.54) is 36.5 Å². The van der Waals surface area contributed by atoms with Gasteiger partial charge in [0.15, 0.2) is 0 Å². The van der Waals surface area contributed by atoms with Crippen LogP contribution in [-0.2, 0) is 23.4 Å². The predicted molar refractivity (Wildman–Crippen MR) is 131 cm³/mol. The molecular formula is C22H24FN6O8P. The van der Waals surface area contributed by atoms with Gasteiger partial charge >= 0.3 is 13.9 Å². The highest BCUT2D eigenvalue weighted by atomic mass is 31.2. The second-order valence-electron chi connectivity index (χ2n) is 8.33. The third-order valence-corrected chi connectivity index (χ3v) is 6.06. The quantitative estimate of drug-likeness (QED) is 0.403. The van der Waals surface area contributed by atoms with Crippen molar-refractivity contribution in [3.63, 3.8) is 0 Å². The Labute approximate surface area is 215 Å². The minimum atomic E-state index is -4.77. The molecule has 2 aliphatic rings. The summed E-state index contributed by atoms with van der Waals surface area (Å²) < 4.78 is 35.1. The van der Waals surface area contributed by atoms with E-state index in [9.17, 15) is 23.3 Å². The zero-order valence-corrected chi connectivity index (χ0v) is 21.0. The van der Waals surface area contributed by atoms with E-state index in [0.717, 1.165) is 5.01 Å². The van der Waals surface area contributed by atoms with Gasteiger partial charge in [-0.1, -0.05) is 0 Å². The van der Waals surface area contributed by atoms with Crippen LogP contribution >= 0.6 is 7.82 Å². The van der Waals surface area contributed by atoms with Crippen LogP contribution in [0.2, 0.25) is 0 Å². The summed E-state index contributed by atoms with van der Waals surface area (Å²) in [6, 6.07) is 7.65. The topological polar surface area (TPSA) is 174 Å². The Morgan fingerprint density at radius 3 is 2.66 bits per heavy atom. The Bertz CT molecular complexity index is 1300. The van der Waals surface area contributed by atoms with Crippen molar-refractivity contribution in [1.29, 1.82) is 0 Å². The van der Waals surface area contributed by atoms with Crippen LogP contribution in [0.3, 0.4) is 0 Å². The van der Waals surface area contributed by atoms with Gasteiger partial charge in [0, 0.05) is 30.8 Å². The molecule has 2 aliphatic heterocycles. The molecule has 202 valence electrons. The van der Waals surface area contributed by atoms with Crippen molar-refractivity contribution >= 4 is 43.6 Å². The molecule has 0 bridgehead atoms. The molecule has 3 amide bonds. The maximum Gasteiger partial charge on any atom is 0.470 e. The fourth-order valence-electron chi connectivity index (χ4n) is 3.74. The normalized spacial score (nSPS) is 17.5. The molecule has 1 aromatic heterocycles. The molecule has 0 radical (unpaired) electrons. The Kier molecular flexibility index (Phi) is 8.02. The van der Waals surface area contributed by atoms with Gasteiger partial charge in [0.25, 0.3) is 5.91 Å². The number of pyridine rings is 1. The monoisotopic (exact) mass is 550 g/mol. The van der Waals surface area contributed by atoms with Gasteiger partial charge in [-0.3, -0.25) is 19.0 Å². The van der Waals surface area contributed by atoms with Gasteiger partial charge in [0.05, 0.1) is 25.3 Å². The summed E-state index contributed by atoms with van der Waals surface area (Å²) in [6.07, 6.45) is 1.64. The maximum absolute atomic E-state index is 15.0. The molecule has 1 saturated heterocycles. The van der Waals surface area contributed by atoms with Gasteiger partial charge in [-0.15, -0.1) is 0 Å². The molecule has 38 heavy (non-hydrogen) atoms. The van der Waals surface area contributed by atoms with Crippen molar-refractivity contribution in [2.45, 2.75) is 13.0 Å². The number of aromatic nitrogens is 1. The molecule has 1 atom stereocenters. The van der Waals surface area contributed by atoms with Gasteiger partial charge in [0.1, 0.15) is 30.7 Å². The van der Waals surface area contributed by atoms with Crippen molar-refractivity contribution < 1.29 is 42.4 Å². The standard InChI is InChI=1S/C22H24FN6O8P/c1-14(30)24-10-17-11-28(22(32)37-17)16-3-4-18(19(23)8-16)15-2-5-20(25-9-15)27-6-7-29(26-13-27)21(31)12-36-38(33,34)35/h2-5,8-9,13,17H,6-7,10-12H2,1H3,(H,24,30)(H2,33,34,35)/t17-/m0/s1. The molecule has 1 fully saturated rings. The third-order valence-electron chi connectivity index (χ3n) is 5.60. The number of carbonyl (C=O) groups is 3. The summed E-state index contributed by atoms with van der Waals surface area (Å²) in [7, 11) is -4.77. The smallest absolute Gasteiger partial charge is 0.442 e. The van der Waals surface area contributed by atoms with E-state index in [1.807, 2.05) is 0 Å². The van der Waals surface area contributed by atoms with Gasteiger partial charge in [-0.25, -0.2) is 23.7 Å². The molecule has 0 aliphatic carbocycles. The van der Waals surface area contributed by atoms with Crippen LogP contribution in [0.15, 0.2) is 41.6 Å². The first-order valence-electron chi connectivity index (χ1n) is 11.3. The first-order valence-corrected chi connectivity index (χ1v) is 12.8. The molecule has 2 aromatic rings. The summed E-state index contributed by atoms with van der Waals surface area (Å²) >= 11 is 0. The largest absolute Gasteiger partial charge is 0.470 e. The molecule has 3 N–H and O–H groups in total. The average molecular weight is 550 g/mol. The third kappa shape index (κ3) is 6.69. The van der Waals surface area contributed by atoms with Crippen LogP contribution in [0.4, 0.5) is 20.7 Å². The number of rotatable bonds is 8. The van der Waals surface area contributed by atoms with Crippen LogP contribution < -0.4 is 15.1 Å². The number of hydrogen-bond acceptors (Lipinski definition) is 9. The Hall–Kier alpha value is -3.91. The molecule has 14 nitrogen and oxygen atoms in total. The Morgan fingerprint density at radius 1 is 1.26 bits per heavy atom. The van der Waals surface area contributed by atoms with Gasteiger partial charge in [-0.2, -0.15) is 5.10 Å². The van der Waals surface area contributed by atoms with Crippen molar-refractivity contribution in [3.8, 4) is 11.1 Å². The fraction of sp³-hybridized carbons (Fsp3) is 0.318. The highest BCUT2D eigenvalue weighted by molar-refractivity contribution is 7.46. The first-order chi connectivity index (χ1) is 18.0. The van der Waals surface area contributed by atoms with Crippen molar-refractivity contribution in [2.24, 2.45) is 5.10 Å². The summed E-state index contributed by atoms with van der Waals surface area (Å²) in [4.78, 5) is 59.9. The molecule has 0 saturated carbocycles. The van der Waals surface area contributed by atoms with Gasteiger partial charge in [0.2, 0.25) is 5.91 Å². The summed E-state index contributed by atoms with van der Waals surface area (Å²) in [5.74, 6) is -1.04. The van der Waals surface area contributed by atoms with Crippen LogP contribution in [0.25, 0.3) is 11.1 Å². The number of carbonyl (C=O) groups excluding carboxylic acids is 3. The minimum Gasteiger partial charge on any atom is -0.442 e. The van der Waals surface area contributed by atoms with E-state index in [-0.39, 0.29) is 31.1 Å². The number of phosphoric ester groups is 1. The number of hydrogen-bond donors (Lipinski definition) is 3. The maximum atomic E-state index is 15.0. The highest BCUT2D eigenvalue weighted by Crippen LogP contribution is 2.35. The summed E-state index contributed by atoms with van der Waals surface area (Å²) in [5, 5.41) is 7.56. The minimum absolute atomic E-state index is 0.129. The summed E-state index contributed by atoms with van der Waals surface area (Å²) in [6.45, 7) is 1.31. The Balaban J connectivity index is 1.38. The first kappa shape index (κ1) is 27.1. The number of cyclic esters (lactones) is 1. The number of anilines is 2. The number of halogens is 1. The van der Waals surface area contributed by atoms with E-state index in [1.54, 1.807) is 23.1 Å². The lowest BCUT2D eigenvalue weighted by Crippen LogP contribution is -2.42. The zero-order valence-electron chi connectivity index (χ0n) is 20.1. The number of hydrazone groups is 1. The lowest BCUT2D eigenvalue weighted by Gasteiger charge is -2.28. The molecule has 0 spiro atoms. The van der Waals surface area contributed by atoms with E-state index < -0.39 is 38.4 Å². The number of nitrogens with zero attached hydrogens (tertiary/aromatic N) is 5. The fourth-order valence-corrected chi connectivity index (χ4v) is 4.02. The second kappa shape index (κ2) is 11.2. The molecule has 0 unspecified atom stereocenters. The van der Waals surface area contributed by atoms with Crippen LogP contribution in [0, 0.1) is 5.82 Å². The number of ether oxygens (including phenoxy) is 1. The zero-order chi connectivity index (χ0) is 27.4. The molecule has 4 rings (SSSR count). The number of nitrogens with one attached hydrogen (secondary N) is 1. The number of phosphoric acid groups is 1. The van der Waals surface area contributed by atoms with Crippen LogP contribution in [0.1, 0.15) is 6.92 Å². The lowest BCUT2D eigenvalue weighted by atomic mass is 10.1. The SMILES string of the molecule is CC(=O)NC[C@H]1CN(c2ccc(-c3ccc(N4C=NN(C(=O)COP(=O)(O)O)CC4)nc3)c(F)c2)C(=O)O1. The molecular weight excluding hydrogens is 526 g/mol. The number of benzene rings is 1. The average Bonchev–Trinajstić information content (AvgIpc) is 3.26. The molecule has 1 aromatic carbocycles. The highest BCUT2D eigenvalue weighted by Gasteiger charge is 2.32. The predicted octanol–water partition coefficient (Wildman–Crippen LogP) is 1.05. The molecule has 16 heteroatoms. The van der Waals surface area contributed by atoms with E-state index in [2.05, 4.69) is 19.9 Å². The second-order valence-corrected chi connectivity index (χ2v) is 9.57. The molecule has 3 heterocycles. The van der Waals surface area contributed by atoms with Crippen molar-refractivity contribution in [3.05, 3.63) is 42.3 Å². The van der Waals surface area contributed by atoms with E-state index in [0.29, 0.717) is 23.6 Å². The van der Waals surface area contributed by atoms with Gasteiger partial charge in [-0.05, 0) is 30.3 Å². The number of amides is 3. The van der Waals surface area contributed by atoms with Crippen molar-refractivity contribution in [1.82, 2.24) is 15.3 Å². The van der Waals surface area contributed by atoms with E-state index in [4.69, 9.17) is 14.5 Å². The van der Waals surface area contributed by atoms with Gasteiger partial charge < -0.3 is 24.7 Å². The summed E-state index contributed by atoms with van der Waals surface area (Å²) in [5.41, 5.74) is 1.08.